The Balaban J connectivity index is 1.78. The Hall–Kier alpha value is -1.30. The predicted molar refractivity (Wildman–Crippen MR) is 101 cm³/mol. The minimum atomic E-state index is -0.561. The number of aldehydes is 1. The summed E-state index contributed by atoms with van der Waals surface area (Å²) in [7, 11) is 0. The monoisotopic (exact) mass is 379 g/mol. The third-order valence-corrected chi connectivity index (χ3v) is 7.50. The molecule has 4 saturated carbocycles. The van der Waals surface area contributed by atoms with Gasteiger partial charge in [-0.3, -0.25) is 9.59 Å². The minimum absolute atomic E-state index is 0.131. The van der Waals surface area contributed by atoms with Gasteiger partial charge in [0, 0.05) is 25.0 Å². The molecule has 1 N–H and O–H groups in total. The van der Waals surface area contributed by atoms with Crippen molar-refractivity contribution in [3.05, 3.63) is 12.2 Å². The number of esters is 1. The maximum atomic E-state index is 11.8. The molecule has 4 bridgehead atoms. The lowest BCUT2D eigenvalue weighted by Crippen LogP contribution is -2.52. The van der Waals surface area contributed by atoms with Crippen LogP contribution in [0.3, 0.4) is 0 Å². The second kappa shape index (κ2) is 8.15. The predicted octanol–water partition coefficient (Wildman–Crippen LogP) is 3.23. The molecule has 0 aliphatic heterocycles. The highest BCUT2D eigenvalue weighted by Crippen LogP contribution is 2.61. The van der Waals surface area contributed by atoms with E-state index in [1.165, 1.54) is 52.4 Å². The van der Waals surface area contributed by atoms with Crippen molar-refractivity contribution in [1.29, 1.82) is 0 Å². The fraction of sp³-hybridized carbons (Fsp3) is 0.750. The maximum Gasteiger partial charge on any atom is 0.303 e. The van der Waals surface area contributed by atoms with E-state index >= 15 is 0 Å². The van der Waals surface area contributed by atoms with E-state index in [9.17, 15) is 14.4 Å². The second-order valence-corrected chi connectivity index (χ2v) is 9.85. The average molecular weight is 380 g/mol. The first-order valence-corrected chi connectivity index (χ1v) is 10.5. The lowest BCUT2D eigenvalue weighted by molar-refractivity contribution is -0.145. The molecular formula is C20H29NO4S. The van der Waals surface area contributed by atoms with E-state index < -0.39 is 6.10 Å². The first-order chi connectivity index (χ1) is 12.4. The third-order valence-electron chi connectivity index (χ3n) is 5.86. The van der Waals surface area contributed by atoms with Crippen molar-refractivity contribution in [3.63, 3.8) is 0 Å². The van der Waals surface area contributed by atoms with Crippen LogP contribution in [0.15, 0.2) is 12.2 Å². The molecule has 4 fully saturated rings. The number of rotatable bonds is 8. The molecule has 0 heterocycles. The largest absolute Gasteiger partial charge is 0.455 e. The molecule has 1 amide bonds. The number of ether oxygens (including phenoxy) is 1. The van der Waals surface area contributed by atoms with Gasteiger partial charge in [-0.1, -0.05) is 6.08 Å². The molecule has 4 aliphatic carbocycles. The minimum Gasteiger partial charge on any atom is -0.455 e. The van der Waals surface area contributed by atoms with Crippen LogP contribution in [0.5, 0.6) is 0 Å². The molecule has 0 saturated heterocycles. The fourth-order valence-corrected chi connectivity index (χ4v) is 7.53. The normalized spacial score (nSPS) is 34.5. The summed E-state index contributed by atoms with van der Waals surface area (Å²) in [6.45, 7) is 2.87. The summed E-state index contributed by atoms with van der Waals surface area (Å²) < 4.78 is 5.68. The summed E-state index contributed by atoms with van der Waals surface area (Å²) in [5.74, 6) is 1.92. The van der Waals surface area contributed by atoms with Crippen molar-refractivity contribution in [1.82, 2.24) is 5.32 Å². The van der Waals surface area contributed by atoms with Gasteiger partial charge in [0.25, 0.3) is 0 Å². The Morgan fingerprint density at radius 2 is 1.73 bits per heavy atom. The lowest BCUT2D eigenvalue weighted by Gasteiger charge is -2.57. The number of allylic oxidation sites excluding steroid dienone is 1. The summed E-state index contributed by atoms with van der Waals surface area (Å²) in [6.07, 6.45) is 11.6. The zero-order chi connectivity index (χ0) is 18.7. The SMILES string of the molecule is CC(=O)NC(SC12CC3CC(CC(C3)C1)C2)C(/C=C/CC=O)OC(C)=O. The van der Waals surface area contributed by atoms with E-state index in [0.29, 0.717) is 0 Å². The van der Waals surface area contributed by atoms with Crippen molar-refractivity contribution < 1.29 is 19.1 Å². The van der Waals surface area contributed by atoms with Crippen LogP contribution >= 0.6 is 11.8 Å². The van der Waals surface area contributed by atoms with Crippen LogP contribution in [0.25, 0.3) is 0 Å². The highest BCUT2D eigenvalue weighted by Gasteiger charge is 2.52. The van der Waals surface area contributed by atoms with Gasteiger partial charge in [0.2, 0.25) is 5.91 Å². The van der Waals surface area contributed by atoms with Crippen LogP contribution in [-0.4, -0.2) is 34.4 Å². The molecule has 5 nitrogen and oxygen atoms in total. The highest BCUT2D eigenvalue weighted by molar-refractivity contribution is 8.01. The highest BCUT2D eigenvalue weighted by atomic mass is 32.2. The number of carbonyl (C=O) groups is 3. The van der Waals surface area contributed by atoms with Gasteiger partial charge in [-0.25, -0.2) is 0 Å². The Labute approximate surface area is 159 Å². The standard InChI is InChI=1S/C20H29NO4S/c1-13(23)21-19(18(25-14(2)24)5-3-4-6-22)26-20-10-15-7-16(11-20)9-17(8-15)12-20/h3,5-6,15-19H,4,7-12H2,1-2H3,(H,21,23)/b5-3+. The molecule has 6 heteroatoms. The number of amides is 1. The van der Waals surface area contributed by atoms with Crippen molar-refractivity contribution in [2.45, 2.75) is 75.0 Å². The van der Waals surface area contributed by atoms with E-state index in [-0.39, 0.29) is 28.4 Å². The molecule has 26 heavy (non-hydrogen) atoms. The van der Waals surface area contributed by atoms with Gasteiger partial charge in [0.15, 0.2) is 0 Å². The number of thioether (sulfide) groups is 1. The quantitative estimate of drug-likeness (QED) is 0.303. The maximum absolute atomic E-state index is 11.8. The Morgan fingerprint density at radius 1 is 1.15 bits per heavy atom. The molecule has 4 rings (SSSR count). The third kappa shape index (κ3) is 4.70. The van der Waals surface area contributed by atoms with Crippen LogP contribution in [0.4, 0.5) is 0 Å². The fourth-order valence-electron chi connectivity index (χ4n) is 5.49. The lowest BCUT2D eigenvalue weighted by atomic mass is 9.56. The first kappa shape index (κ1) is 19.5. The first-order valence-electron chi connectivity index (χ1n) is 9.61. The zero-order valence-corrected chi connectivity index (χ0v) is 16.4. The molecule has 0 aromatic rings. The average Bonchev–Trinajstić information content (AvgIpc) is 2.51. The van der Waals surface area contributed by atoms with Crippen molar-refractivity contribution in [2.24, 2.45) is 17.8 Å². The van der Waals surface area contributed by atoms with Gasteiger partial charge < -0.3 is 14.8 Å². The van der Waals surface area contributed by atoms with Crippen molar-refractivity contribution in [3.8, 4) is 0 Å². The van der Waals surface area contributed by atoms with Crippen molar-refractivity contribution in [2.75, 3.05) is 0 Å². The molecule has 144 valence electrons. The van der Waals surface area contributed by atoms with E-state index in [4.69, 9.17) is 4.74 Å². The second-order valence-electron chi connectivity index (χ2n) is 8.24. The summed E-state index contributed by atoms with van der Waals surface area (Å²) in [5, 5.41) is 2.67. The van der Waals surface area contributed by atoms with Gasteiger partial charge >= 0.3 is 5.97 Å². The van der Waals surface area contributed by atoms with Gasteiger partial charge in [0.1, 0.15) is 17.8 Å². The summed E-state index contributed by atoms with van der Waals surface area (Å²) in [5.41, 5.74) is 0. The number of hydrogen-bond acceptors (Lipinski definition) is 5. The van der Waals surface area contributed by atoms with Crippen LogP contribution in [0.2, 0.25) is 0 Å². The molecule has 0 radical (unpaired) electrons. The molecule has 0 aromatic carbocycles. The number of carbonyl (C=O) groups excluding carboxylic acids is 3. The van der Waals surface area contributed by atoms with Crippen LogP contribution < -0.4 is 5.32 Å². The smallest absolute Gasteiger partial charge is 0.303 e. The Morgan fingerprint density at radius 3 is 2.19 bits per heavy atom. The Kier molecular flexibility index (Phi) is 6.10. The van der Waals surface area contributed by atoms with Crippen LogP contribution in [-0.2, 0) is 19.1 Å². The van der Waals surface area contributed by atoms with E-state index in [2.05, 4.69) is 5.32 Å². The molecule has 0 spiro atoms. The van der Waals surface area contributed by atoms with Crippen molar-refractivity contribution >= 4 is 29.9 Å². The van der Waals surface area contributed by atoms with Gasteiger partial charge in [0.05, 0.1) is 0 Å². The van der Waals surface area contributed by atoms with Gasteiger partial charge in [-0.05, 0) is 62.4 Å². The summed E-state index contributed by atoms with van der Waals surface area (Å²) in [6, 6.07) is 0. The van der Waals surface area contributed by atoms with E-state index in [0.717, 1.165) is 24.0 Å². The summed E-state index contributed by atoms with van der Waals surface area (Å²) in [4.78, 5) is 34.0. The van der Waals surface area contributed by atoms with E-state index in [1.807, 2.05) is 0 Å². The van der Waals surface area contributed by atoms with Crippen LogP contribution in [0, 0.1) is 17.8 Å². The molecule has 2 atom stereocenters. The van der Waals surface area contributed by atoms with Crippen LogP contribution in [0.1, 0.15) is 58.8 Å². The van der Waals surface area contributed by atoms with E-state index in [1.54, 1.807) is 23.9 Å². The number of nitrogens with one attached hydrogen (secondary N) is 1. The molecule has 4 aliphatic rings. The van der Waals surface area contributed by atoms with Gasteiger partial charge in [-0.15, -0.1) is 11.8 Å². The number of hydrogen-bond donors (Lipinski definition) is 1. The van der Waals surface area contributed by atoms with Gasteiger partial charge in [-0.2, -0.15) is 0 Å². The topological polar surface area (TPSA) is 72.5 Å². The molecule has 0 aromatic heterocycles. The zero-order valence-electron chi connectivity index (χ0n) is 15.6. The molecular weight excluding hydrogens is 350 g/mol. The summed E-state index contributed by atoms with van der Waals surface area (Å²) >= 11 is 1.79. The molecule has 2 unspecified atom stereocenters. The Bertz CT molecular complexity index is 553.